The third kappa shape index (κ3) is 3.76. The van der Waals surface area contributed by atoms with E-state index in [1.807, 2.05) is 36.4 Å². The summed E-state index contributed by atoms with van der Waals surface area (Å²) in [6, 6.07) is 16.2. The molecule has 2 fully saturated rings. The molecule has 2 aromatic carbocycles. The van der Waals surface area contributed by atoms with Gasteiger partial charge >= 0.3 is 12.1 Å². The molecule has 0 aromatic heterocycles. The van der Waals surface area contributed by atoms with Crippen LogP contribution in [0.5, 0.6) is 0 Å². The Labute approximate surface area is 204 Å². The van der Waals surface area contributed by atoms with E-state index >= 15 is 0 Å². The van der Waals surface area contributed by atoms with Gasteiger partial charge in [0.15, 0.2) is 0 Å². The van der Waals surface area contributed by atoms with Crippen molar-refractivity contribution in [1.29, 1.82) is 0 Å². The monoisotopic (exact) mass is 478 g/mol. The molecule has 2 amide bonds. The van der Waals surface area contributed by atoms with Crippen molar-refractivity contribution >= 4 is 18.0 Å². The molecule has 3 atom stereocenters. The van der Waals surface area contributed by atoms with E-state index < -0.39 is 23.0 Å². The molecule has 2 aliphatic carbocycles. The average molecular weight is 479 g/mol. The number of benzene rings is 2. The lowest BCUT2D eigenvalue weighted by Crippen LogP contribution is -2.62. The molecule has 0 radical (unpaired) electrons. The molecule has 1 aliphatic heterocycles. The maximum Gasteiger partial charge on any atom is 0.408 e. The Kier molecular flexibility index (Phi) is 5.79. The van der Waals surface area contributed by atoms with Crippen LogP contribution in [0.25, 0.3) is 11.1 Å². The van der Waals surface area contributed by atoms with Crippen molar-refractivity contribution in [3.8, 4) is 11.1 Å². The predicted molar refractivity (Wildman–Crippen MR) is 128 cm³/mol. The molecule has 1 heterocycles. The van der Waals surface area contributed by atoms with Gasteiger partial charge < -0.3 is 24.8 Å². The van der Waals surface area contributed by atoms with Gasteiger partial charge in [-0.05, 0) is 41.0 Å². The fraction of sp³-hybridized carbons (Fsp3) is 0.444. The fourth-order valence-electron chi connectivity index (χ4n) is 5.84. The van der Waals surface area contributed by atoms with Crippen molar-refractivity contribution in [3.05, 3.63) is 59.7 Å². The summed E-state index contributed by atoms with van der Waals surface area (Å²) in [6.45, 7) is 2.43. The fourth-order valence-corrected chi connectivity index (χ4v) is 5.84. The molecule has 0 bridgehead atoms. The molecular formula is C27H30N2O6. The summed E-state index contributed by atoms with van der Waals surface area (Å²) in [6.07, 6.45) is 0.178. The number of nitrogens with zero attached hydrogens (tertiary/aromatic N) is 1. The largest absolute Gasteiger partial charge is 0.481 e. The lowest BCUT2D eigenvalue weighted by atomic mass is 9.94. The van der Waals surface area contributed by atoms with Gasteiger partial charge in [-0.25, -0.2) is 4.79 Å². The highest BCUT2D eigenvalue weighted by molar-refractivity contribution is 5.92. The minimum Gasteiger partial charge on any atom is -0.481 e. The summed E-state index contributed by atoms with van der Waals surface area (Å²) < 4.78 is 11.0. The lowest BCUT2D eigenvalue weighted by Gasteiger charge is -2.35. The Morgan fingerprint density at radius 1 is 1.11 bits per heavy atom. The number of carboxylic acid groups (broad SMARTS) is 1. The van der Waals surface area contributed by atoms with E-state index in [4.69, 9.17) is 9.47 Å². The van der Waals surface area contributed by atoms with Crippen LogP contribution in [0, 0.1) is 11.3 Å². The highest BCUT2D eigenvalue weighted by Crippen LogP contribution is 2.58. The molecule has 0 spiro atoms. The van der Waals surface area contributed by atoms with Crippen LogP contribution >= 0.6 is 0 Å². The first-order valence-corrected chi connectivity index (χ1v) is 12.0. The van der Waals surface area contributed by atoms with Crippen molar-refractivity contribution in [1.82, 2.24) is 10.2 Å². The molecule has 2 aromatic rings. The second-order valence-electron chi connectivity index (χ2n) is 9.87. The maximum absolute atomic E-state index is 13.5. The van der Waals surface area contributed by atoms with Crippen LogP contribution in [-0.2, 0) is 19.1 Å². The number of hydrogen-bond donors (Lipinski definition) is 2. The van der Waals surface area contributed by atoms with E-state index in [-0.39, 0.29) is 43.9 Å². The number of alkyl carbamates (subject to hydrolysis) is 1. The highest BCUT2D eigenvalue weighted by Gasteiger charge is 2.67. The normalized spacial score (nSPS) is 23.6. The van der Waals surface area contributed by atoms with Gasteiger partial charge in [0.1, 0.15) is 12.1 Å². The summed E-state index contributed by atoms with van der Waals surface area (Å²) in [7, 11) is 1.47. The Morgan fingerprint density at radius 2 is 1.74 bits per heavy atom. The number of ether oxygens (including phenoxy) is 2. The number of likely N-dealkylation sites (tertiary alicyclic amines) is 1. The molecule has 1 saturated heterocycles. The predicted octanol–water partition coefficient (Wildman–Crippen LogP) is 3.25. The van der Waals surface area contributed by atoms with E-state index in [1.54, 1.807) is 11.8 Å². The Morgan fingerprint density at radius 3 is 2.29 bits per heavy atom. The standard InChI is InChI=1S/C27H30N2O6/c1-3-27(16-34-2,23(30)29-13-17-12-26(17,15-29)24(31)32)28-25(33)35-14-22-20-10-6-4-8-18(20)19-9-5-7-11-21(19)22/h4-11,17,22H,3,12-16H2,1-2H3,(H,28,33)(H,31,32). The van der Waals surface area contributed by atoms with Gasteiger partial charge in [-0.2, -0.15) is 0 Å². The number of carboxylic acids is 1. The molecule has 8 nitrogen and oxygen atoms in total. The van der Waals surface area contributed by atoms with Crippen molar-refractivity contribution in [2.75, 3.05) is 33.4 Å². The quantitative estimate of drug-likeness (QED) is 0.604. The van der Waals surface area contributed by atoms with Crippen LogP contribution in [0.3, 0.4) is 0 Å². The first kappa shape index (κ1) is 23.4. The van der Waals surface area contributed by atoms with Crippen molar-refractivity contribution < 1.29 is 29.0 Å². The summed E-state index contributed by atoms with van der Waals surface area (Å²) >= 11 is 0. The molecule has 3 unspecified atom stereocenters. The minimum absolute atomic E-state index is 0.0319. The number of amides is 2. The van der Waals surface area contributed by atoms with Crippen molar-refractivity contribution in [3.63, 3.8) is 0 Å². The Balaban J connectivity index is 1.29. The number of piperidine rings is 1. The van der Waals surface area contributed by atoms with E-state index in [2.05, 4.69) is 17.4 Å². The van der Waals surface area contributed by atoms with E-state index in [0.717, 1.165) is 22.3 Å². The molecule has 184 valence electrons. The Hall–Kier alpha value is -3.39. The maximum atomic E-state index is 13.5. The third-order valence-electron chi connectivity index (χ3n) is 7.95. The summed E-state index contributed by atoms with van der Waals surface area (Å²) in [4.78, 5) is 39.7. The van der Waals surface area contributed by atoms with Crippen LogP contribution in [0.1, 0.15) is 36.8 Å². The van der Waals surface area contributed by atoms with E-state index in [1.165, 1.54) is 7.11 Å². The first-order chi connectivity index (χ1) is 16.8. The molecule has 3 aliphatic rings. The number of methoxy groups -OCH3 is 1. The zero-order valence-corrected chi connectivity index (χ0v) is 20.0. The molecular weight excluding hydrogens is 448 g/mol. The molecule has 5 rings (SSSR count). The molecule has 1 saturated carbocycles. The zero-order chi connectivity index (χ0) is 24.8. The van der Waals surface area contributed by atoms with Crippen LogP contribution < -0.4 is 5.32 Å². The van der Waals surface area contributed by atoms with Crippen LogP contribution in [0.2, 0.25) is 0 Å². The average Bonchev–Trinajstić information content (AvgIpc) is 3.29. The number of fused-ring (bicyclic) bond motifs is 4. The second-order valence-corrected chi connectivity index (χ2v) is 9.87. The summed E-state index contributed by atoms with van der Waals surface area (Å²) in [5, 5.41) is 12.4. The summed E-state index contributed by atoms with van der Waals surface area (Å²) in [5.41, 5.74) is 2.31. The number of carbonyl (C=O) groups excluding carboxylic acids is 2. The van der Waals surface area contributed by atoms with Gasteiger partial charge in [-0.15, -0.1) is 0 Å². The van der Waals surface area contributed by atoms with Gasteiger partial charge in [0.2, 0.25) is 0 Å². The van der Waals surface area contributed by atoms with Gasteiger partial charge in [0.25, 0.3) is 5.91 Å². The number of aliphatic carboxylic acids is 1. The summed E-state index contributed by atoms with van der Waals surface area (Å²) in [5.74, 6) is -1.32. The van der Waals surface area contributed by atoms with Gasteiger partial charge in [0, 0.05) is 26.1 Å². The lowest BCUT2D eigenvalue weighted by molar-refractivity contribution is -0.145. The molecule has 2 N–H and O–H groups in total. The Bertz CT molecular complexity index is 1140. The van der Waals surface area contributed by atoms with E-state index in [0.29, 0.717) is 13.0 Å². The molecule has 35 heavy (non-hydrogen) atoms. The van der Waals surface area contributed by atoms with Crippen molar-refractivity contribution in [2.24, 2.45) is 11.3 Å². The topological polar surface area (TPSA) is 105 Å². The number of carbonyl (C=O) groups is 3. The molecule has 8 heteroatoms. The SMILES string of the molecule is CCC(COC)(NC(=O)OCC1c2ccccc2-c2ccccc21)C(=O)N1CC2CC2(C(=O)O)C1. The van der Waals surface area contributed by atoms with E-state index in [9.17, 15) is 19.5 Å². The third-order valence-corrected chi connectivity index (χ3v) is 7.95. The van der Waals surface area contributed by atoms with Crippen LogP contribution in [0.4, 0.5) is 4.79 Å². The smallest absolute Gasteiger partial charge is 0.408 e. The highest BCUT2D eigenvalue weighted by atomic mass is 16.5. The minimum atomic E-state index is -1.33. The number of rotatable bonds is 8. The van der Waals surface area contributed by atoms with Gasteiger partial charge in [0.05, 0.1) is 12.0 Å². The van der Waals surface area contributed by atoms with Gasteiger partial charge in [-0.1, -0.05) is 55.5 Å². The second kappa shape index (κ2) is 8.68. The van der Waals surface area contributed by atoms with Crippen LogP contribution in [0.15, 0.2) is 48.5 Å². The van der Waals surface area contributed by atoms with Crippen LogP contribution in [-0.4, -0.2) is 66.9 Å². The first-order valence-electron chi connectivity index (χ1n) is 12.0. The van der Waals surface area contributed by atoms with Crippen molar-refractivity contribution in [2.45, 2.75) is 31.2 Å². The number of nitrogens with one attached hydrogen (secondary N) is 1. The van der Waals surface area contributed by atoms with Gasteiger partial charge in [-0.3, -0.25) is 9.59 Å². The zero-order valence-electron chi connectivity index (χ0n) is 20.0. The number of hydrogen-bond acceptors (Lipinski definition) is 5.